The Bertz CT molecular complexity index is 1390. The Labute approximate surface area is 164 Å². The summed E-state index contributed by atoms with van der Waals surface area (Å²) in [5.74, 6) is 1.28. The number of H-pyrrole nitrogens is 1. The summed E-state index contributed by atoms with van der Waals surface area (Å²) in [6.45, 7) is 0. The number of hydrogen-bond acceptors (Lipinski definition) is 7. The lowest BCUT2D eigenvalue weighted by atomic mass is 10.2. The van der Waals surface area contributed by atoms with E-state index in [0.717, 1.165) is 16.5 Å². The molecule has 29 heavy (non-hydrogen) atoms. The van der Waals surface area contributed by atoms with Crippen molar-refractivity contribution in [3.8, 4) is 17.1 Å². The van der Waals surface area contributed by atoms with E-state index in [-0.39, 0.29) is 0 Å². The highest BCUT2D eigenvalue weighted by atomic mass is 16.5. The monoisotopic (exact) mass is 385 g/mol. The van der Waals surface area contributed by atoms with E-state index in [4.69, 9.17) is 14.1 Å². The molecule has 0 saturated heterocycles. The van der Waals surface area contributed by atoms with E-state index < -0.39 is 5.76 Å². The molecule has 3 aromatic heterocycles. The van der Waals surface area contributed by atoms with Gasteiger partial charge in [-0.15, -0.1) is 0 Å². The zero-order valence-corrected chi connectivity index (χ0v) is 15.3. The van der Waals surface area contributed by atoms with Crippen molar-refractivity contribution in [2.45, 2.75) is 0 Å². The van der Waals surface area contributed by atoms with Gasteiger partial charge in [0.2, 0.25) is 0 Å². The molecule has 0 saturated carbocycles. The number of para-hydroxylation sites is 1. The summed E-state index contributed by atoms with van der Waals surface area (Å²) in [6.07, 6.45) is 3.41. The lowest BCUT2D eigenvalue weighted by Crippen LogP contribution is -2.01. The minimum Gasteiger partial charge on any atom is -0.497 e. The number of nitrogens with one attached hydrogen (secondary N) is 2. The van der Waals surface area contributed by atoms with Gasteiger partial charge in [0.05, 0.1) is 18.3 Å². The Morgan fingerprint density at radius 1 is 1.10 bits per heavy atom. The summed E-state index contributed by atoms with van der Waals surface area (Å²) in [7, 11) is 1.61. The van der Waals surface area contributed by atoms with Crippen molar-refractivity contribution < 1.29 is 9.15 Å². The number of ether oxygens (including phenoxy) is 1. The minimum atomic E-state index is -0.514. The van der Waals surface area contributed by atoms with Crippen molar-refractivity contribution in [1.29, 1.82) is 0 Å². The fourth-order valence-corrected chi connectivity index (χ4v) is 3.16. The summed E-state index contributed by atoms with van der Waals surface area (Å²) in [6, 6.07) is 14.7. The maximum atomic E-state index is 11.6. The molecule has 0 aliphatic heterocycles. The first-order valence-corrected chi connectivity index (χ1v) is 8.86. The van der Waals surface area contributed by atoms with Crippen molar-refractivity contribution in [2.24, 2.45) is 0 Å². The Morgan fingerprint density at radius 3 is 2.86 bits per heavy atom. The van der Waals surface area contributed by atoms with Crippen LogP contribution >= 0.6 is 0 Å². The topological polar surface area (TPSA) is 106 Å². The number of pyridine rings is 1. The molecule has 0 fully saturated rings. The number of benzene rings is 2. The normalized spacial score (nSPS) is 11.1. The standard InChI is InChI=1S/C21H15N5O3/c1-28-13-7-8-15-14(10-13)20(26-19(23-15)12-4-3-9-22-11-12)24-16-5-2-6-17-18(16)25-21(27)29-17/h2-11H,1H3,(H,25,27)(H,23,24,26). The van der Waals surface area contributed by atoms with Crippen LogP contribution in [0.2, 0.25) is 0 Å². The number of anilines is 2. The van der Waals surface area contributed by atoms with Gasteiger partial charge >= 0.3 is 5.76 Å². The van der Waals surface area contributed by atoms with Crippen molar-refractivity contribution in [2.75, 3.05) is 12.4 Å². The lowest BCUT2D eigenvalue weighted by Gasteiger charge is -2.12. The van der Waals surface area contributed by atoms with Crippen LogP contribution in [-0.4, -0.2) is 27.0 Å². The maximum Gasteiger partial charge on any atom is 0.417 e. The van der Waals surface area contributed by atoms with Gasteiger partial charge in [-0.05, 0) is 42.5 Å². The molecule has 5 rings (SSSR count). The van der Waals surface area contributed by atoms with Crippen LogP contribution in [0.4, 0.5) is 11.5 Å². The molecule has 0 spiro atoms. The van der Waals surface area contributed by atoms with Gasteiger partial charge in [-0.25, -0.2) is 14.8 Å². The van der Waals surface area contributed by atoms with Gasteiger partial charge in [0.15, 0.2) is 11.4 Å². The average molecular weight is 385 g/mol. The van der Waals surface area contributed by atoms with Crippen LogP contribution < -0.4 is 15.8 Å². The average Bonchev–Trinajstić information content (AvgIpc) is 3.15. The molecule has 0 atom stereocenters. The third-order valence-corrected chi connectivity index (χ3v) is 4.53. The van der Waals surface area contributed by atoms with Crippen molar-refractivity contribution >= 4 is 33.5 Å². The summed E-state index contributed by atoms with van der Waals surface area (Å²) >= 11 is 0. The van der Waals surface area contributed by atoms with E-state index in [1.165, 1.54) is 0 Å². The predicted octanol–water partition coefficient (Wildman–Crippen LogP) is 3.88. The van der Waals surface area contributed by atoms with Crippen LogP contribution in [0.5, 0.6) is 5.75 Å². The fourth-order valence-electron chi connectivity index (χ4n) is 3.16. The first-order valence-electron chi connectivity index (χ1n) is 8.86. The highest BCUT2D eigenvalue weighted by Crippen LogP contribution is 2.31. The minimum absolute atomic E-state index is 0.462. The molecule has 5 aromatic rings. The van der Waals surface area contributed by atoms with E-state index >= 15 is 0 Å². The molecule has 0 unspecified atom stereocenters. The number of oxazole rings is 1. The molecule has 3 heterocycles. The molecule has 142 valence electrons. The van der Waals surface area contributed by atoms with E-state index in [1.807, 2.05) is 36.4 Å². The number of fused-ring (bicyclic) bond motifs is 2. The van der Waals surface area contributed by atoms with Gasteiger partial charge in [-0.1, -0.05) is 6.07 Å². The van der Waals surface area contributed by atoms with Gasteiger partial charge in [0.25, 0.3) is 0 Å². The summed E-state index contributed by atoms with van der Waals surface area (Å²) in [4.78, 5) is 27.9. The van der Waals surface area contributed by atoms with Gasteiger partial charge in [0.1, 0.15) is 17.1 Å². The number of aromatic nitrogens is 4. The van der Waals surface area contributed by atoms with E-state index in [0.29, 0.717) is 34.2 Å². The van der Waals surface area contributed by atoms with Crippen LogP contribution in [0.25, 0.3) is 33.4 Å². The number of hydrogen-bond donors (Lipinski definition) is 2. The molecule has 2 N–H and O–H groups in total. The van der Waals surface area contributed by atoms with Crippen molar-refractivity contribution in [3.05, 3.63) is 71.5 Å². The Hall–Kier alpha value is -4.20. The highest BCUT2D eigenvalue weighted by molar-refractivity contribution is 5.96. The molecule has 2 aromatic carbocycles. The third kappa shape index (κ3) is 3.06. The number of rotatable bonds is 4. The summed E-state index contributed by atoms with van der Waals surface area (Å²) in [5, 5.41) is 4.09. The first-order chi connectivity index (χ1) is 14.2. The zero-order chi connectivity index (χ0) is 19.8. The number of methoxy groups -OCH3 is 1. The number of aromatic amines is 1. The maximum absolute atomic E-state index is 11.6. The summed E-state index contributed by atoms with van der Waals surface area (Å²) < 4.78 is 10.5. The summed E-state index contributed by atoms with van der Waals surface area (Å²) in [5.41, 5.74) is 3.23. The van der Waals surface area contributed by atoms with Gasteiger partial charge in [-0.2, -0.15) is 0 Å². The second-order valence-electron chi connectivity index (χ2n) is 6.34. The molecule has 0 aliphatic rings. The smallest absolute Gasteiger partial charge is 0.417 e. The second kappa shape index (κ2) is 6.75. The predicted molar refractivity (Wildman–Crippen MR) is 109 cm³/mol. The quantitative estimate of drug-likeness (QED) is 0.483. The van der Waals surface area contributed by atoms with Crippen LogP contribution in [0.3, 0.4) is 0 Å². The molecule has 0 aliphatic carbocycles. The Balaban J connectivity index is 1.72. The van der Waals surface area contributed by atoms with Gasteiger partial charge < -0.3 is 14.5 Å². The molecule has 0 radical (unpaired) electrons. The van der Waals surface area contributed by atoms with Gasteiger partial charge in [-0.3, -0.25) is 9.97 Å². The van der Waals surface area contributed by atoms with Crippen LogP contribution in [0, 0.1) is 0 Å². The number of nitrogens with zero attached hydrogens (tertiary/aromatic N) is 3. The largest absolute Gasteiger partial charge is 0.497 e. The van der Waals surface area contributed by atoms with E-state index in [1.54, 1.807) is 31.6 Å². The van der Waals surface area contributed by atoms with Crippen molar-refractivity contribution in [3.63, 3.8) is 0 Å². The zero-order valence-electron chi connectivity index (χ0n) is 15.3. The first kappa shape index (κ1) is 16.9. The Morgan fingerprint density at radius 2 is 2.03 bits per heavy atom. The SMILES string of the molecule is COc1ccc2nc(-c3cccnc3)nc(Nc3cccc4oc(=O)[nH]c34)c2c1. The van der Waals surface area contributed by atoms with Crippen molar-refractivity contribution in [1.82, 2.24) is 19.9 Å². The molecule has 0 amide bonds. The third-order valence-electron chi connectivity index (χ3n) is 4.53. The molecule has 8 heteroatoms. The second-order valence-corrected chi connectivity index (χ2v) is 6.34. The Kier molecular flexibility index (Phi) is 3.94. The molecule has 8 nitrogen and oxygen atoms in total. The lowest BCUT2D eigenvalue weighted by molar-refractivity contribution is 0.415. The molecule has 0 bridgehead atoms. The van der Waals surface area contributed by atoms with Gasteiger partial charge in [0, 0.05) is 23.3 Å². The van der Waals surface area contributed by atoms with E-state index in [9.17, 15) is 4.79 Å². The van der Waals surface area contributed by atoms with Crippen LogP contribution in [-0.2, 0) is 0 Å². The van der Waals surface area contributed by atoms with E-state index in [2.05, 4.69) is 20.3 Å². The van der Waals surface area contributed by atoms with Crippen LogP contribution in [0.1, 0.15) is 0 Å². The van der Waals surface area contributed by atoms with Crippen LogP contribution in [0.15, 0.2) is 70.1 Å². The molecular formula is C21H15N5O3. The highest BCUT2D eigenvalue weighted by Gasteiger charge is 2.13. The molecular weight excluding hydrogens is 370 g/mol. The fraction of sp³-hybridized carbons (Fsp3) is 0.0476.